The fraction of sp³-hybridized carbons (Fsp3) is 0.412. The molecule has 3 aromatic rings. The molecule has 5 atom stereocenters. The van der Waals surface area contributed by atoms with Crippen LogP contribution in [0, 0.1) is 11.8 Å². The number of rotatable bonds is 15. The average Bonchev–Trinajstić information content (AvgIpc) is 3.05. The van der Waals surface area contributed by atoms with Crippen LogP contribution in [0.3, 0.4) is 0 Å². The van der Waals surface area contributed by atoms with E-state index in [1.165, 1.54) is 14.2 Å². The smallest absolute Gasteiger partial charge is 0.320 e. The van der Waals surface area contributed by atoms with Gasteiger partial charge in [0.15, 0.2) is 12.2 Å². The lowest BCUT2D eigenvalue weighted by Gasteiger charge is -2.47. The van der Waals surface area contributed by atoms with Crippen molar-refractivity contribution >= 4 is 11.9 Å². The predicted molar refractivity (Wildman–Crippen MR) is 157 cm³/mol. The Morgan fingerprint density at radius 2 is 1.14 bits per heavy atom. The van der Waals surface area contributed by atoms with E-state index in [9.17, 15) is 9.59 Å². The minimum absolute atomic E-state index is 0.150. The van der Waals surface area contributed by atoms with Gasteiger partial charge in [-0.2, -0.15) is 0 Å². The lowest BCUT2D eigenvalue weighted by atomic mass is 9.80. The largest absolute Gasteiger partial charge is 0.468 e. The second kappa shape index (κ2) is 16.9. The van der Waals surface area contributed by atoms with E-state index >= 15 is 0 Å². The van der Waals surface area contributed by atoms with Crippen molar-refractivity contribution in [2.24, 2.45) is 11.8 Å². The van der Waals surface area contributed by atoms with Crippen LogP contribution >= 0.6 is 0 Å². The van der Waals surface area contributed by atoms with Crippen LogP contribution in [0.2, 0.25) is 0 Å². The molecule has 0 aromatic heterocycles. The van der Waals surface area contributed by atoms with Crippen molar-refractivity contribution in [1.29, 1.82) is 0 Å². The molecule has 1 fully saturated rings. The van der Waals surface area contributed by atoms with Crippen LogP contribution in [0.4, 0.5) is 0 Å². The van der Waals surface area contributed by atoms with Gasteiger partial charge in [0, 0.05) is 6.61 Å². The summed E-state index contributed by atoms with van der Waals surface area (Å²) in [5, 5.41) is 0. The Balaban J connectivity index is 1.70. The van der Waals surface area contributed by atoms with Gasteiger partial charge in [0.2, 0.25) is 0 Å². The van der Waals surface area contributed by atoms with Gasteiger partial charge >= 0.3 is 11.9 Å². The topological polar surface area (TPSA) is 98.8 Å². The normalized spacial score (nSPS) is 21.8. The third-order valence-electron chi connectivity index (χ3n) is 7.28. The molecule has 1 heterocycles. The summed E-state index contributed by atoms with van der Waals surface area (Å²) in [6.45, 7) is 3.01. The SMILES string of the molecule is CCO[C@@H]1O[C@H](COCc2ccccc2)[C@@H](OCc2ccccc2)[C@H](OCc2ccccc2)[C@H]1C(C(=O)OC)C(=O)OC. The summed E-state index contributed by atoms with van der Waals surface area (Å²) in [6.07, 6.45) is -3.27. The number of hydrogen-bond donors (Lipinski definition) is 0. The third kappa shape index (κ3) is 8.95. The van der Waals surface area contributed by atoms with Gasteiger partial charge in [-0.15, -0.1) is 0 Å². The summed E-state index contributed by atoms with van der Waals surface area (Å²) >= 11 is 0. The molecule has 0 bridgehead atoms. The van der Waals surface area contributed by atoms with E-state index in [-0.39, 0.29) is 26.4 Å². The number of carbonyl (C=O) groups is 2. The van der Waals surface area contributed by atoms with E-state index in [2.05, 4.69) is 0 Å². The molecule has 43 heavy (non-hydrogen) atoms. The van der Waals surface area contributed by atoms with Crippen LogP contribution in [0.1, 0.15) is 23.6 Å². The molecular weight excluding hydrogens is 552 g/mol. The fourth-order valence-electron chi connectivity index (χ4n) is 5.19. The minimum Gasteiger partial charge on any atom is -0.468 e. The number of methoxy groups -OCH3 is 2. The Labute approximate surface area is 252 Å². The summed E-state index contributed by atoms with van der Waals surface area (Å²) in [4.78, 5) is 26.2. The molecule has 1 saturated heterocycles. The number of ether oxygens (including phenoxy) is 7. The van der Waals surface area contributed by atoms with E-state index in [1.807, 2.05) is 97.9 Å². The summed E-state index contributed by atoms with van der Waals surface area (Å²) in [6, 6.07) is 29.1. The molecule has 0 unspecified atom stereocenters. The Morgan fingerprint density at radius 3 is 1.60 bits per heavy atom. The molecule has 0 amide bonds. The maximum Gasteiger partial charge on any atom is 0.320 e. The van der Waals surface area contributed by atoms with Crippen LogP contribution in [-0.2, 0) is 62.6 Å². The Morgan fingerprint density at radius 1 is 0.674 bits per heavy atom. The first-order chi connectivity index (χ1) is 21.0. The lowest BCUT2D eigenvalue weighted by Crippen LogP contribution is -2.62. The highest BCUT2D eigenvalue weighted by Crippen LogP contribution is 2.38. The second-order valence-electron chi connectivity index (χ2n) is 10.1. The van der Waals surface area contributed by atoms with Crippen molar-refractivity contribution in [3.8, 4) is 0 Å². The molecule has 9 nitrogen and oxygen atoms in total. The summed E-state index contributed by atoms with van der Waals surface area (Å²) in [7, 11) is 2.45. The van der Waals surface area contributed by atoms with Crippen molar-refractivity contribution in [2.45, 2.75) is 51.3 Å². The molecule has 1 aliphatic rings. The van der Waals surface area contributed by atoms with Crippen molar-refractivity contribution in [3.05, 3.63) is 108 Å². The molecular formula is C34H40O9. The lowest BCUT2D eigenvalue weighted by molar-refractivity contribution is -0.311. The summed E-state index contributed by atoms with van der Waals surface area (Å²) in [5.74, 6) is -3.89. The number of carbonyl (C=O) groups excluding carboxylic acids is 2. The molecule has 3 aromatic carbocycles. The average molecular weight is 593 g/mol. The van der Waals surface area contributed by atoms with Gasteiger partial charge in [0.1, 0.15) is 12.2 Å². The Hall–Kier alpha value is -3.60. The van der Waals surface area contributed by atoms with Crippen LogP contribution in [0.5, 0.6) is 0 Å². The molecule has 0 aliphatic carbocycles. The highest BCUT2D eigenvalue weighted by molar-refractivity contribution is 5.95. The second-order valence-corrected chi connectivity index (χ2v) is 10.1. The Bertz CT molecular complexity index is 1220. The first-order valence-electron chi connectivity index (χ1n) is 14.4. The standard InChI is InChI=1S/C34H40O9/c1-4-40-34-28(29(32(35)37-2)33(36)38-3)31(42-22-26-18-12-7-13-19-26)30(41-21-25-16-10-6-11-17-25)27(43-34)23-39-20-24-14-8-5-9-15-24/h5-19,27-31,34H,4,20-23H2,1-3H3/t27-,28-,30-,31-,34-/m1/s1. The van der Waals surface area contributed by atoms with Crippen molar-refractivity contribution < 1.29 is 42.7 Å². The molecule has 1 aliphatic heterocycles. The zero-order valence-corrected chi connectivity index (χ0v) is 24.8. The monoisotopic (exact) mass is 592 g/mol. The number of benzene rings is 3. The number of hydrogen-bond acceptors (Lipinski definition) is 9. The zero-order valence-electron chi connectivity index (χ0n) is 24.8. The van der Waals surface area contributed by atoms with Gasteiger partial charge in [-0.1, -0.05) is 91.0 Å². The molecule has 0 saturated carbocycles. The maximum atomic E-state index is 13.1. The molecule has 0 radical (unpaired) electrons. The zero-order chi connectivity index (χ0) is 30.4. The van der Waals surface area contributed by atoms with E-state index in [0.717, 1.165) is 16.7 Å². The van der Waals surface area contributed by atoms with Crippen LogP contribution in [0.15, 0.2) is 91.0 Å². The highest BCUT2D eigenvalue weighted by Gasteiger charge is 2.55. The first-order valence-corrected chi connectivity index (χ1v) is 14.4. The third-order valence-corrected chi connectivity index (χ3v) is 7.28. The highest BCUT2D eigenvalue weighted by atomic mass is 16.7. The van der Waals surface area contributed by atoms with Gasteiger partial charge in [-0.25, -0.2) is 0 Å². The molecule has 9 heteroatoms. The van der Waals surface area contributed by atoms with Crippen LogP contribution in [-0.4, -0.2) is 64.0 Å². The van der Waals surface area contributed by atoms with Crippen LogP contribution in [0.25, 0.3) is 0 Å². The maximum absolute atomic E-state index is 13.1. The summed E-state index contributed by atoms with van der Waals surface area (Å²) < 4.78 is 41.8. The van der Waals surface area contributed by atoms with Crippen molar-refractivity contribution in [3.63, 3.8) is 0 Å². The molecule has 0 N–H and O–H groups in total. The molecule has 4 rings (SSSR count). The number of esters is 2. The van der Waals surface area contributed by atoms with E-state index in [0.29, 0.717) is 6.61 Å². The van der Waals surface area contributed by atoms with E-state index < -0.39 is 48.4 Å². The van der Waals surface area contributed by atoms with Gasteiger partial charge in [0.05, 0.1) is 52.7 Å². The Kier molecular flexibility index (Phi) is 12.7. The van der Waals surface area contributed by atoms with Gasteiger partial charge in [-0.3, -0.25) is 9.59 Å². The van der Waals surface area contributed by atoms with Crippen molar-refractivity contribution in [2.75, 3.05) is 27.4 Å². The van der Waals surface area contributed by atoms with E-state index in [4.69, 9.17) is 33.2 Å². The van der Waals surface area contributed by atoms with Crippen molar-refractivity contribution in [1.82, 2.24) is 0 Å². The van der Waals surface area contributed by atoms with Crippen LogP contribution < -0.4 is 0 Å². The van der Waals surface area contributed by atoms with Gasteiger partial charge in [-0.05, 0) is 23.6 Å². The molecule has 0 spiro atoms. The predicted octanol–water partition coefficient (Wildman–Crippen LogP) is 4.71. The molecule has 230 valence electrons. The van der Waals surface area contributed by atoms with Gasteiger partial charge in [0.25, 0.3) is 0 Å². The fourth-order valence-corrected chi connectivity index (χ4v) is 5.19. The van der Waals surface area contributed by atoms with E-state index in [1.54, 1.807) is 0 Å². The first kappa shape index (κ1) is 32.3. The quantitative estimate of drug-likeness (QED) is 0.184. The van der Waals surface area contributed by atoms with Gasteiger partial charge < -0.3 is 33.2 Å². The summed E-state index contributed by atoms with van der Waals surface area (Å²) in [5.41, 5.74) is 2.86. The minimum atomic E-state index is -1.39.